The maximum absolute atomic E-state index is 14.2. The Labute approximate surface area is 188 Å². The zero-order valence-electron chi connectivity index (χ0n) is 15.9. The van der Waals surface area contributed by atoms with E-state index in [1.54, 1.807) is 23.5 Å². The number of halogens is 5. The van der Waals surface area contributed by atoms with Crippen LogP contribution in [-0.2, 0) is 9.53 Å². The highest BCUT2D eigenvalue weighted by Gasteiger charge is 2.64. The summed E-state index contributed by atoms with van der Waals surface area (Å²) < 4.78 is 47.6. The summed E-state index contributed by atoms with van der Waals surface area (Å²) in [6, 6.07) is 8.71. The minimum atomic E-state index is -5.30. The van der Waals surface area contributed by atoms with Gasteiger partial charge in [-0.2, -0.15) is 13.2 Å². The quantitative estimate of drug-likeness (QED) is 0.379. The average Bonchev–Trinajstić information content (AvgIpc) is 3.06. The van der Waals surface area contributed by atoms with Gasteiger partial charge in [-0.25, -0.2) is 9.78 Å². The maximum atomic E-state index is 14.2. The van der Waals surface area contributed by atoms with Crippen LogP contribution in [0.2, 0.25) is 10.0 Å². The van der Waals surface area contributed by atoms with Crippen LogP contribution in [0.5, 0.6) is 0 Å². The largest absolute Gasteiger partial charge is 0.466 e. The number of ether oxygens (including phenoxy) is 1. The number of amides is 1. The monoisotopic (exact) mass is 491 g/mol. The van der Waals surface area contributed by atoms with Gasteiger partial charge in [0.25, 0.3) is 5.91 Å². The number of anilines is 1. The molecule has 0 bridgehead atoms. The molecule has 6 nitrogen and oxygen atoms in total. The molecule has 0 aliphatic rings. The smallest absolute Gasteiger partial charge is 0.442 e. The molecule has 31 heavy (non-hydrogen) atoms. The van der Waals surface area contributed by atoms with Crippen molar-refractivity contribution >= 4 is 61.8 Å². The first-order valence-electron chi connectivity index (χ1n) is 8.55. The lowest BCUT2D eigenvalue weighted by Crippen LogP contribution is -2.69. The van der Waals surface area contributed by atoms with Crippen molar-refractivity contribution in [2.24, 2.45) is 0 Å². The number of alkyl halides is 3. The lowest BCUT2D eigenvalue weighted by molar-refractivity contribution is -0.203. The Morgan fingerprint density at radius 2 is 1.84 bits per heavy atom. The fourth-order valence-corrected chi connectivity index (χ4v) is 4.21. The molecule has 1 heterocycles. The maximum Gasteiger partial charge on any atom is 0.442 e. The van der Waals surface area contributed by atoms with Crippen molar-refractivity contribution in [3.63, 3.8) is 0 Å². The number of aryl methyl sites for hydroxylation is 1. The van der Waals surface area contributed by atoms with Gasteiger partial charge in [-0.15, -0.1) is 0 Å². The third-order valence-electron chi connectivity index (χ3n) is 4.23. The van der Waals surface area contributed by atoms with Crippen molar-refractivity contribution in [1.82, 2.24) is 10.3 Å². The number of nitrogens with one attached hydrogen (secondary N) is 2. The van der Waals surface area contributed by atoms with Gasteiger partial charge in [0, 0.05) is 5.02 Å². The Hall–Kier alpha value is -2.56. The molecule has 1 aromatic heterocycles. The molecule has 1 amide bonds. The summed E-state index contributed by atoms with van der Waals surface area (Å²) in [7, 11) is 0.771. The number of carbonyl (C=O) groups excluding carboxylic acids is 2. The second-order valence-electron chi connectivity index (χ2n) is 6.43. The third kappa shape index (κ3) is 4.56. The Morgan fingerprint density at radius 3 is 2.45 bits per heavy atom. The van der Waals surface area contributed by atoms with Crippen LogP contribution in [0.4, 0.5) is 18.3 Å². The number of hydrogen-bond acceptors (Lipinski definition) is 6. The van der Waals surface area contributed by atoms with E-state index in [1.165, 1.54) is 12.1 Å². The first kappa shape index (κ1) is 23.1. The molecular formula is C19H14Cl2F3N3O3S. The molecule has 1 atom stereocenters. The van der Waals surface area contributed by atoms with Gasteiger partial charge in [0.05, 0.1) is 27.9 Å². The van der Waals surface area contributed by atoms with Crippen LogP contribution in [0.1, 0.15) is 15.9 Å². The minimum absolute atomic E-state index is 0.180. The highest BCUT2D eigenvalue weighted by molar-refractivity contribution is 7.22. The van der Waals surface area contributed by atoms with Crippen LogP contribution in [-0.4, -0.2) is 35.8 Å². The zero-order valence-corrected chi connectivity index (χ0v) is 18.3. The second kappa shape index (κ2) is 8.52. The van der Waals surface area contributed by atoms with Gasteiger partial charge in [-0.3, -0.25) is 4.79 Å². The molecule has 2 N–H and O–H groups in total. The number of esters is 1. The predicted octanol–water partition coefficient (Wildman–Crippen LogP) is 5.19. The van der Waals surface area contributed by atoms with E-state index in [9.17, 15) is 22.8 Å². The molecule has 0 aliphatic heterocycles. The van der Waals surface area contributed by atoms with Gasteiger partial charge in [0.15, 0.2) is 5.13 Å². The number of aromatic nitrogens is 1. The third-order valence-corrected chi connectivity index (χ3v) is 5.71. The van der Waals surface area contributed by atoms with Crippen molar-refractivity contribution in [1.29, 1.82) is 0 Å². The fourth-order valence-electron chi connectivity index (χ4n) is 2.70. The SMILES string of the molecule is COC(=O)C(NC(=O)c1ccc(Cl)cc1Cl)(Nc1nc2ccc(C)cc2s1)C(F)(F)F. The summed E-state index contributed by atoms with van der Waals surface area (Å²) >= 11 is 12.6. The lowest BCUT2D eigenvalue weighted by Gasteiger charge is -2.34. The van der Waals surface area contributed by atoms with E-state index in [4.69, 9.17) is 23.2 Å². The van der Waals surface area contributed by atoms with Crippen molar-refractivity contribution in [3.05, 3.63) is 57.6 Å². The molecule has 1 unspecified atom stereocenters. The van der Waals surface area contributed by atoms with E-state index in [-0.39, 0.29) is 20.7 Å². The number of thiazole rings is 1. The Kier molecular flexibility index (Phi) is 6.35. The van der Waals surface area contributed by atoms with Crippen LogP contribution < -0.4 is 10.6 Å². The number of rotatable bonds is 5. The van der Waals surface area contributed by atoms with Gasteiger partial charge in [-0.1, -0.05) is 40.6 Å². The number of carbonyl (C=O) groups is 2. The van der Waals surface area contributed by atoms with Crippen molar-refractivity contribution in [2.45, 2.75) is 18.8 Å². The first-order valence-corrected chi connectivity index (χ1v) is 10.1. The molecule has 12 heteroatoms. The van der Waals surface area contributed by atoms with Crippen LogP contribution in [0.3, 0.4) is 0 Å². The van der Waals surface area contributed by atoms with Crippen LogP contribution in [0.25, 0.3) is 10.2 Å². The molecule has 0 spiro atoms. The van der Waals surface area contributed by atoms with Crippen LogP contribution in [0, 0.1) is 6.92 Å². The van der Waals surface area contributed by atoms with Gasteiger partial charge < -0.3 is 15.4 Å². The molecule has 3 rings (SSSR count). The Morgan fingerprint density at radius 1 is 1.13 bits per heavy atom. The van der Waals surface area contributed by atoms with E-state index in [0.29, 0.717) is 10.2 Å². The van der Waals surface area contributed by atoms with E-state index < -0.39 is 23.7 Å². The summed E-state index contributed by atoms with van der Waals surface area (Å²) in [5, 5.41) is 3.46. The average molecular weight is 492 g/mol. The van der Waals surface area contributed by atoms with Crippen LogP contribution >= 0.6 is 34.5 Å². The Balaban J connectivity index is 2.07. The van der Waals surface area contributed by atoms with Gasteiger partial charge in [0.2, 0.25) is 0 Å². The summed E-state index contributed by atoms with van der Waals surface area (Å²) in [5.74, 6) is -3.05. The van der Waals surface area contributed by atoms with Gasteiger partial charge >= 0.3 is 17.8 Å². The van der Waals surface area contributed by atoms with E-state index in [1.807, 2.05) is 12.2 Å². The number of hydrogen-bond donors (Lipinski definition) is 2. The van der Waals surface area contributed by atoms with Crippen molar-refractivity contribution in [3.8, 4) is 0 Å². The summed E-state index contributed by atoms with van der Waals surface area (Å²) in [4.78, 5) is 29.1. The molecular weight excluding hydrogens is 478 g/mol. The summed E-state index contributed by atoms with van der Waals surface area (Å²) in [6.07, 6.45) is -5.30. The normalized spacial score (nSPS) is 13.5. The predicted molar refractivity (Wildman–Crippen MR) is 113 cm³/mol. The number of benzene rings is 2. The number of nitrogens with zero attached hydrogens (tertiary/aromatic N) is 1. The minimum Gasteiger partial charge on any atom is -0.466 e. The van der Waals surface area contributed by atoms with E-state index in [0.717, 1.165) is 30.1 Å². The molecule has 3 aromatic rings. The standard InChI is InChI=1S/C19H14Cl2F3N3O3S/c1-9-3-6-13-14(7-9)31-17(25-13)27-18(16(29)30-2,19(22,23)24)26-15(28)11-5-4-10(20)8-12(11)21/h3-8H,1-2H3,(H,25,27)(H,26,28). The molecule has 0 fully saturated rings. The Bertz CT molecular complexity index is 1170. The van der Waals surface area contributed by atoms with Crippen LogP contribution in [0.15, 0.2) is 36.4 Å². The molecule has 0 radical (unpaired) electrons. The fraction of sp³-hybridized carbons (Fsp3) is 0.211. The molecule has 164 valence electrons. The molecule has 2 aromatic carbocycles. The second-order valence-corrected chi connectivity index (χ2v) is 8.31. The first-order chi connectivity index (χ1) is 14.5. The van der Waals surface area contributed by atoms with Gasteiger partial charge in [0.1, 0.15) is 0 Å². The molecule has 0 aliphatic carbocycles. The molecule has 0 saturated carbocycles. The van der Waals surface area contributed by atoms with Crippen molar-refractivity contribution in [2.75, 3.05) is 12.4 Å². The van der Waals surface area contributed by atoms with E-state index >= 15 is 0 Å². The zero-order chi connectivity index (χ0) is 23.0. The number of methoxy groups -OCH3 is 1. The highest BCUT2D eigenvalue weighted by atomic mass is 35.5. The molecule has 0 saturated heterocycles. The summed E-state index contributed by atoms with van der Waals surface area (Å²) in [6.45, 7) is 1.82. The lowest BCUT2D eigenvalue weighted by atomic mass is 10.1. The van der Waals surface area contributed by atoms with Crippen molar-refractivity contribution < 1.29 is 27.5 Å². The topological polar surface area (TPSA) is 80.3 Å². The van der Waals surface area contributed by atoms with E-state index in [2.05, 4.69) is 9.72 Å². The summed E-state index contributed by atoms with van der Waals surface area (Å²) in [5.41, 5.74) is -2.63. The highest BCUT2D eigenvalue weighted by Crippen LogP contribution is 2.36. The number of fused-ring (bicyclic) bond motifs is 1. The van der Waals surface area contributed by atoms with Gasteiger partial charge in [-0.05, 0) is 42.8 Å².